The quantitative estimate of drug-likeness (QED) is 0.796. The van der Waals surface area contributed by atoms with Crippen molar-refractivity contribution in [3.8, 4) is 17.2 Å². The van der Waals surface area contributed by atoms with Gasteiger partial charge >= 0.3 is 0 Å². The van der Waals surface area contributed by atoms with Gasteiger partial charge in [0.2, 0.25) is 5.91 Å². The summed E-state index contributed by atoms with van der Waals surface area (Å²) in [7, 11) is 3.14. The van der Waals surface area contributed by atoms with Crippen LogP contribution in [0.15, 0.2) is 42.5 Å². The number of aromatic hydroxyl groups is 1. The third-order valence-electron chi connectivity index (χ3n) is 5.11. The minimum absolute atomic E-state index is 0.0665. The minimum atomic E-state index is -0.264. The molecule has 28 heavy (non-hydrogen) atoms. The molecular weight excluding hydrogens is 358 g/mol. The number of carbonyl (C=O) groups is 1. The number of phenolic OH excluding ortho intramolecular Hbond substituents is 1. The zero-order chi connectivity index (χ0) is 20.1. The molecule has 1 saturated heterocycles. The Labute approximate surface area is 165 Å². The van der Waals surface area contributed by atoms with Gasteiger partial charge in [0.15, 0.2) is 11.5 Å². The van der Waals surface area contributed by atoms with Crippen LogP contribution in [-0.4, -0.2) is 62.4 Å². The lowest BCUT2D eigenvalue weighted by atomic mass is 10.2. The first kappa shape index (κ1) is 19.8. The highest BCUT2D eigenvalue weighted by molar-refractivity contribution is 5.94. The molecule has 0 saturated carbocycles. The van der Waals surface area contributed by atoms with E-state index in [1.165, 1.54) is 0 Å². The normalized spacial score (nSPS) is 15.8. The number of carbonyl (C=O) groups excluding carboxylic acids is 1. The summed E-state index contributed by atoms with van der Waals surface area (Å²) in [5, 5.41) is 13.0. The fourth-order valence-electron chi connectivity index (χ4n) is 3.41. The fraction of sp³-hybridized carbons (Fsp3) is 0.381. The highest BCUT2D eigenvalue weighted by atomic mass is 16.5. The number of phenols is 1. The second kappa shape index (κ2) is 8.84. The van der Waals surface area contributed by atoms with Crippen molar-refractivity contribution in [1.82, 2.24) is 4.90 Å². The average Bonchev–Trinajstić information content (AvgIpc) is 2.73. The third kappa shape index (κ3) is 4.31. The molecule has 7 heteroatoms. The predicted molar refractivity (Wildman–Crippen MR) is 110 cm³/mol. The van der Waals surface area contributed by atoms with Crippen LogP contribution in [-0.2, 0) is 4.79 Å². The van der Waals surface area contributed by atoms with Crippen molar-refractivity contribution >= 4 is 17.3 Å². The summed E-state index contributed by atoms with van der Waals surface area (Å²) in [6.45, 7) is 4.91. The number of benzene rings is 2. The topological polar surface area (TPSA) is 74.3 Å². The van der Waals surface area contributed by atoms with E-state index in [9.17, 15) is 9.90 Å². The number of para-hydroxylation sites is 2. The second-order valence-electron chi connectivity index (χ2n) is 6.75. The molecule has 0 aromatic heterocycles. The Kier molecular flexibility index (Phi) is 6.26. The zero-order valence-corrected chi connectivity index (χ0v) is 16.5. The Morgan fingerprint density at radius 3 is 2.36 bits per heavy atom. The molecule has 1 atom stereocenters. The first-order chi connectivity index (χ1) is 13.5. The zero-order valence-electron chi connectivity index (χ0n) is 16.5. The van der Waals surface area contributed by atoms with Crippen LogP contribution in [0.3, 0.4) is 0 Å². The number of nitrogens with one attached hydrogen (secondary N) is 1. The summed E-state index contributed by atoms with van der Waals surface area (Å²) in [5.74, 6) is 1.41. The largest absolute Gasteiger partial charge is 0.506 e. The van der Waals surface area contributed by atoms with Crippen molar-refractivity contribution in [2.24, 2.45) is 0 Å². The molecule has 0 unspecified atom stereocenters. The van der Waals surface area contributed by atoms with Crippen LogP contribution in [0.4, 0.5) is 11.4 Å². The van der Waals surface area contributed by atoms with Crippen molar-refractivity contribution in [3.05, 3.63) is 42.5 Å². The number of hydrogen-bond donors (Lipinski definition) is 2. The summed E-state index contributed by atoms with van der Waals surface area (Å²) >= 11 is 0. The Bertz CT molecular complexity index is 819. The molecule has 0 spiro atoms. The van der Waals surface area contributed by atoms with E-state index in [1.807, 2.05) is 25.1 Å². The van der Waals surface area contributed by atoms with E-state index in [1.54, 1.807) is 38.5 Å². The highest BCUT2D eigenvalue weighted by Gasteiger charge is 2.26. The van der Waals surface area contributed by atoms with E-state index in [-0.39, 0.29) is 17.7 Å². The number of piperazine rings is 1. The molecule has 2 aromatic rings. The minimum Gasteiger partial charge on any atom is -0.506 e. The molecule has 2 aromatic carbocycles. The smallest absolute Gasteiger partial charge is 0.241 e. The standard InChI is InChI=1S/C21H27N3O4/c1-15(21(26)22-16-8-9-19(27-2)20(14-16)28-3)23-10-12-24(13-11-23)17-6-4-5-7-18(17)25/h4-9,14-15,25H,10-13H2,1-3H3,(H,22,26)/t15-/m1/s1. The lowest BCUT2D eigenvalue weighted by molar-refractivity contribution is -0.120. The van der Waals surface area contributed by atoms with Gasteiger partial charge in [0, 0.05) is 37.9 Å². The molecule has 1 heterocycles. The molecule has 0 aliphatic carbocycles. The number of rotatable bonds is 6. The Hall–Kier alpha value is -2.93. The molecule has 1 aliphatic rings. The van der Waals surface area contributed by atoms with Gasteiger partial charge in [-0.25, -0.2) is 0 Å². The molecule has 1 amide bonds. The van der Waals surface area contributed by atoms with Crippen LogP contribution >= 0.6 is 0 Å². The predicted octanol–water partition coefficient (Wildman–Crippen LogP) is 2.56. The van der Waals surface area contributed by atoms with E-state index in [0.29, 0.717) is 17.2 Å². The van der Waals surface area contributed by atoms with Crippen molar-refractivity contribution < 1.29 is 19.4 Å². The Morgan fingerprint density at radius 2 is 1.71 bits per heavy atom. The maximum absolute atomic E-state index is 12.7. The van der Waals surface area contributed by atoms with Gasteiger partial charge in [-0.15, -0.1) is 0 Å². The molecule has 0 bridgehead atoms. The Morgan fingerprint density at radius 1 is 1.04 bits per heavy atom. The summed E-state index contributed by atoms with van der Waals surface area (Å²) in [6.07, 6.45) is 0. The number of amides is 1. The van der Waals surface area contributed by atoms with Crippen LogP contribution in [0.1, 0.15) is 6.92 Å². The summed E-state index contributed by atoms with van der Waals surface area (Å²) in [6, 6.07) is 12.4. The van der Waals surface area contributed by atoms with Gasteiger partial charge in [0.05, 0.1) is 25.9 Å². The first-order valence-electron chi connectivity index (χ1n) is 9.33. The van der Waals surface area contributed by atoms with Gasteiger partial charge in [-0.1, -0.05) is 12.1 Å². The van der Waals surface area contributed by atoms with Gasteiger partial charge in [0.1, 0.15) is 5.75 Å². The van der Waals surface area contributed by atoms with Crippen LogP contribution < -0.4 is 19.7 Å². The third-order valence-corrected chi connectivity index (χ3v) is 5.11. The van der Waals surface area contributed by atoms with E-state index in [0.717, 1.165) is 31.9 Å². The number of ether oxygens (including phenoxy) is 2. The molecule has 1 fully saturated rings. The van der Waals surface area contributed by atoms with Crippen LogP contribution in [0, 0.1) is 0 Å². The lowest BCUT2D eigenvalue weighted by Gasteiger charge is -2.38. The molecule has 3 rings (SSSR count). The van der Waals surface area contributed by atoms with Crippen LogP contribution in [0.25, 0.3) is 0 Å². The Balaban J connectivity index is 1.58. The van der Waals surface area contributed by atoms with E-state index >= 15 is 0 Å². The van der Waals surface area contributed by atoms with Crippen LogP contribution in [0.5, 0.6) is 17.2 Å². The second-order valence-corrected chi connectivity index (χ2v) is 6.75. The SMILES string of the molecule is COc1ccc(NC(=O)[C@@H](C)N2CCN(c3ccccc3O)CC2)cc1OC. The van der Waals surface area contributed by atoms with Crippen molar-refractivity contribution in [2.75, 3.05) is 50.6 Å². The van der Waals surface area contributed by atoms with Crippen LogP contribution in [0.2, 0.25) is 0 Å². The first-order valence-corrected chi connectivity index (χ1v) is 9.33. The van der Waals surface area contributed by atoms with E-state index in [2.05, 4.69) is 15.1 Å². The van der Waals surface area contributed by atoms with Crippen molar-refractivity contribution in [2.45, 2.75) is 13.0 Å². The van der Waals surface area contributed by atoms with E-state index in [4.69, 9.17) is 9.47 Å². The average molecular weight is 385 g/mol. The van der Waals surface area contributed by atoms with Gasteiger partial charge in [-0.2, -0.15) is 0 Å². The number of hydrogen-bond acceptors (Lipinski definition) is 6. The van der Waals surface area contributed by atoms with E-state index < -0.39 is 0 Å². The van der Waals surface area contributed by atoms with Gasteiger partial charge in [-0.05, 0) is 31.2 Å². The molecular formula is C21H27N3O4. The lowest BCUT2D eigenvalue weighted by Crippen LogP contribution is -2.52. The number of nitrogens with zero attached hydrogens (tertiary/aromatic N) is 2. The monoisotopic (exact) mass is 385 g/mol. The number of methoxy groups -OCH3 is 2. The molecule has 2 N–H and O–H groups in total. The highest BCUT2D eigenvalue weighted by Crippen LogP contribution is 2.30. The van der Waals surface area contributed by atoms with Crippen molar-refractivity contribution in [3.63, 3.8) is 0 Å². The number of anilines is 2. The molecule has 0 radical (unpaired) electrons. The maximum atomic E-state index is 12.7. The fourth-order valence-corrected chi connectivity index (χ4v) is 3.41. The summed E-state index contributed by atoms with van der Waals surface area (Å²) in [4.78, 5) is 17.0. The molecule has 1 aliphatic heterocycles. The van der Waals surface area contributed by atoms with Gasteiger partial charge in [-0.3, -0.25) is 9.69 Å². The van der Waals surface area contributed by atoms with Crippen molar-refractivity contribution in [1.29, 1.82) is 0 Å². The van der Waals surface area contributed by atoms with Gasteiger partial charge < -0.3 is 24.8 Å². The maximum Gasteiger partial charge on any atom is 0.241 e. The molecule has 7 nitrogen and oxygen atoms in total. The summed E-state index contributed by atoms with van der Waals surface area (Å²) < 4.78 is 10.5. The van der Waals surface area contributed by atoms with Gasteiger partial charge in [0.25, 0.3) is 0 Å². The molecule has 150 valence electrons. The summed E-state index contributed by atoms with van der Waals surface area (Å²) in [5.41, 5.74) is 1.51.